The monoisotopic (exact) mass is 429 g/mol. The Bertz CT molecular complexity index is 899. The number of anilines is 3. The fourth-order valence-electron chi connectivity index (χ4n) is 4.28. The van der Waals surface area contributed by atoms with Crippen molar-refractivity contribution in [2.75, 3.05) is 67.5 Å². The van der Waals surface area contributed by atoms with Crippen molar-refractivity contribution in [1.82, 2.24) is 14.9 Å². The number of nitrogens with zero attached hydrogens (tertiary/aromatic N) is 6. The molecule has 0 spiro atoms. The highest BCUT2D eigenvalue weighted by Crippen LogP contribution is 2.33. The van der Waals surface area contributed by atoms with Crippen LogP contribution in [0.15, 0.2) is 30.6 Å². The number of hydrogen-bond donors (Lipinski definition) is 1. The summed E-state index contributed by atoms with van der Waals surface area (Å²) in [4.78, 5) is 26.0. The fourth-order valence-corrected chi connectivity index (χ4v) is 4.28. The molecule has 9 nitrogen and oxygen atoms in total. The van der Waals surface area contributed by atoms with Crippen LogP contribution in [0.1, 0.15) is 19.3 Å². The molecule has 2 saturated heterocycles. The van der Waals surface area contributed by atoms with Crippen molar-refractivity contribution >= 4 is 23.0 Å². The van der Waals surface area contributed by atoms with Crippen LogP contribution in [0.25, 0.3) is 0 Å². The normalized spacial score (nSPS) is 17.2. The summed E-state index contributed by atoms with van der Waals surface area (Å²) >= 11 is 0. The number of piperazine rings is 1. The SMILES string of the molecule is O=[N+]([O-])c1c(NCCCN2CCCC2)ncnc1N1CCN(c2ccccc2F)CC1. The van der Waals surface area contributed by atoms with Crippen LogP contribution in [-0.2, 0) is 0 Å². The van der Waals surface area contributed by atoms with Gasteiger partial charge in [0.05, 0.1) is 10.6 Å². The van der Waals surface area contributed by atoms with Gasteiger partial charge in [0.2, 0.25) is 11.6 Å². The second-order valence-electron chi connectivity index (χ2n) is 7.91. The lowest BCUT2D eigenvalue weighted by Crippen LogP contribution is -2.47. The van der Waals surface area contributed by atoms with Gasteiger partial charge in [-0.25, -0.2) is 14.4 Å². The van der Waals surface area contributed by atoms with Gasteiger partial charge in [-0.15, -0.1) is 0 Å². The van der Waals surface area contributed by atoms with Gasteiger partial charge in [0, 0.05) is 32.7 Å². The lowest BCUT2D eigenvalue weighted by molar-refractivity contribution is -0.383. The van der Waals surface area contributed by atoms with E-state index in [0.717, 1.165) is 26.1 Å². The van der Waals surface area contributed by atoms with E-state index in [1.54, 1.807) is 12.1 Å². The average molecular weight is 430 g/mol. The maximum absolute atomic E-state index is 14.1. The number of rotatable bonds is 8. The molecule has 10 heteroatoms. The lowest BCUT2D eigenvalue weighted by Gasteiger charge is -2.36. The van der Waals surface area contributed by atoms with E-state index in [-0.39, 0.29) is 17.3 Å². The van der Waals surface area contributed by atoms with Gasteiger partial charge < -0.3 is 20.0 Å². The molecule has 0 unspecified atom stereocenters. The Morgan fingerprint density at radius 2 is 1.74 bits per heavy atom. The molecule has 3 heterocycles. The summed E-state index contributed by atoms with van der Waals surface area (Å²) in [5, 5.41) is 15.0. The molecule has 0 bridgehead atoms. The zero-order valence-corrected chi connectivity index (χ0v) is 17.5. The van der Waals surface area contributed by atoms with Crippen molar-refractivity contribution < 1.29 is 9.31 Å². The summed E-state index contributed by atoms with van der Waals surface area (Å²) in [6.07, 6.45) is 4.77. The van der Waals surface area contributed by atoms with E-state index in [1.807, 2.05) is 15.9 Å². The molecule has 1 aromatic carbocycles. The molecule has 0 saturated carbocycles. The molecule has 2 aromatic rings. The van der Waals surface area contributed by atoms with E-state index < -0.39 is 4.92 Å². The highest BCUT2D eigenvalue weighted by Gasteiger charge is 2.29. The summed E-state index contributed by atoms with van der Waals surface area (Å²) in [6, 6.07) is 6.67. The second-order valence-corrected chi connectivity index (χ2v) is 7.91. The average Bonchev–Trinajstić information content (AvgIpc) is 3.30. The van der Waals surface area contributed by atoms with Gasteiger partial charge in [0.15, 0.2) is 0 Å². The number of likely N-dealkylation sites (tertiary alicyclic amines) is 1. The largest absolute Gasteiger partial charge is 0.366 e. The molecule has 1 N–H and O–H groups in total. The molecular weight excluding hydrogens is 401 g/mol. The third-order valence-corrected chi connectivity index (χ3v) is 5.90. The van der Waals surface area contributed by atoms with Crippen molar-refractivity contribution in [3.63, 3.8) is 0 Å². The zero-order valence-electron chi connectivity index (χ0n) is 17.5. The van der Waals surface area contributed by atoms with Gasteiger partial charge in [0.25, 0.3) is 0 Å². The van der Waals surface area contributed by atoms with Crippen LogP contribution >= 0.6 is 0 Å². The smallest absolute Gasteiger partial charge is 0.353 e. The van der Waals surface area contributed by atoms with E-state index >= 15 is 0 Å². The summed E-state index contributed by atoms with van der Waals surface area (Å²) < 4.78 is 14.1. The van der Waals surface area contributed by atoms with Gasteiger partial charge in [-0.05, 0) is 51.0 Å². The van der Waals surface area contributed by atoms with Crippen LogP contribution in [0.5, 0.6) is 0 Å². The van der Waals surface area contributed by atoms with Crippen LogP contribution in [0.3, 0.4) is 0 Å². The van der Waals surface area contributed by atoms with E-state index in [0.29, 0.717) is 44.2 Å². The van der Waals surface area contributed by atoms with Crippen molar-refractivity contribution in [3.8, 4) is 0 Å². The van der Waals surface area contributed by atoms with Crippen molar-refractivity contribution in [3.05, 3.63) is 46.5 Å². The van der Waals surface area contributed by atoms with Crippen LogP contribution in [0.2, 0.25) is 0 Å². The number of para-hydroxylation sites is 1. The Labute approximate surface area is 181 Å². The van der Waals surface area contributed by atoms with Crippen LogP contribution in [0, 0.1) is 15.9 Å². The predicted octanol–water partition coefficient (Wildman–Crippen LogP) is 2.75. The molecule has 0 aliphatic carbocycles. The Balaban J connectivity index is 1.40. The first-order chi connectivity index (χ1) is 15.1. The Hall–Kier alpha value is -3.01. The molecular formula is C21H28FN7O2. The molecule has 0 amide bonds. The van der Waals surface area contributed by atoms with Crippen molar-refractivity contribution in [2.24, 2.45) is 0 Å². The standard InChI is InChI=1S/C21H28FN7O2/c22-17-6-1-2-7-18(17)27-12-14-28(15-13-27)21-19(29(30)31)20(24-16-25-21)23-8-5-11-26-9-3-4-10-26/h1-2,6-7,16H,3-5,8-15H2,(H,23,24,25). The molecule has 2 aliphatic rings. The minimum absolute atomic E-state index is 0.0944. The summed E-state index contributed by atoms with van der Waals surface area (Å²) in [7, 11) is 0. The topological polar surface area (TPSA) is 90.7 Å². The van der Waals surface area contributed by atoms with Crippen molar-refractivity contribution in [1.29, 1.82) is 0 Å². The van der Waals surface area contributed by atoms with Crippen molar-refractivity contribution in [2.45, 2.75) is 19.3 Å². The summed E-state index contributed by atoms with van der Waals surface area (Å²) in [5.74, 6) is 0.313. The summed E-state index contributed by atoms with van der Waals surface area (Å²) in [6.45, 7) is 6.02. The molecule has 166 valence electrons. The Morgan fingerprint density at radius 1 is 1.03 bits per heavy atom. The number of hydrogen-bond acceptors (Lipinski definition) is 8. The van der Waals surface area contributed by atoms with Gasteiger partial charge in [-0.3, -0.25) is 10.1 Å². The summed E-state index contributed by atoms with van der Waals surface area (Å²) in [5.41, 5.74) is 0.461. The van der Waals surface area contributed by atoms with Gasteiger partial charge in [-0.1, -0.05) is 12.1 Å². The van der Waals surface area contributed by atoms with E-state index in [4.69, 9.17) is 0 Å². The van der Waals surface area contributed by atoms with Crippen LogP contribution in [0.4, 0.5) is 27.4 Å². The third kappa shape index (κ3) is 5.01. The molecule has 0 atom stereocenters. The fraction of sp³-hybridized carbons (Fsp3) is 0.524. The zero-order chi connectivity index (χ0) is 21.6. The number of nitrogens with one attached hydrogen (secondary N) is 1. The highest BCUT2D eigenvalue weighted by atomic mass is 19.1. The first-order valence-electron chi connectivity index (χ1n) is 10.8. The number of aromatic nitrogens is 2. The molecule has 2 fully saturated rings. The molecule has 1 aromatic heterocycles. The molecule has 4 rings (SSSR count). The molecule has 31 heavy (non-hydrogen) atoms. The lowest BCUT2D eigenvalue weighted by atomic mass is 10.2. The first kappa shape index (κ1) is 21.2. The Morgan fingerprint density at radius 3 is 2.45 bits per heavy atom. The van der Waals surface area contributed by atoms with Crippen LogP contribution in [-0.4, -0.2) is 72.1 Å². The minimum Gasteiger partial charge on any atom is -0.366 e. The quantitative estimate of drug-likeness (QED) is 0.389. The number of halogens is 1. The second kappa shape index (κ2) is 9.86. The maximum Gasteiger partial charge on any atom is 0.353 e. The van der Waals surface area contributed by atoms with E-state index in [1.165, 1.54) is 25.2 Å². The van der Waals surface area contributed by atoms with Gasteiger partial charge in [-0.2, -0.15) is 0 Å². The number of nitro groups is 1. The van der Waals surface area contributed by atoms with E-state index in [2.05, 4.69) is 20.2 Å². The predicted molar refractivity (Wildman–Crippen MR) is 118 cm³/mol. The van der Waals surface area contributed by atoms with Gasteiger partial charge in [0.1, 0.15) is 12.1 Å². The highest BCUT2D eigenvalue weighted by molar-refractivity contribution is 5.70. The Kier molecular flexibility index (Phi) is 6.76. The third-order valence-electron chi connectivity index (χ3n) is 5.90. The molecule has 2 aliphatic heterocycles. The number of benzene rings is 1. The van der Waals surface area contributed by atoms with Gasteiger partial charge >= 0.3 is 5.69 Å². The molecule has 0 radical (unpaired) electrons. The van der Waals surface area contributed by atoms with E-state index in [9.17, 15) is 14.5 Å². The van der Waals surface area contributed by atoms with Crippen LogP contribution < -0.4 is 15.1 Å². The maximum atomic E-state index is 14.1. The minimum atomic E-state index is -0.415. The first-order valence-corrected chi connectivity index (χ1v) is 10.8.